The standard InChI is InChI=1S/C48H34O/c1-29-13-10-14-30(27-29)32-20-11-21-39-40-22-12-23-41(47(40)49-46(32)39)45-37-18-6-4-16-35(37)44(36-17-5-7-19-38(36)45)31-25-26-34-33-15-8-9-24-42(33)48(2,3)43(34)28-31/h4-28H,1-3H3. The van der Waals surface area contributed by atoms with Crippen LogP contribution in [0.2, 0.25) is 0 Å². The van der Waals surface area contributed by atoms with E-state index >= 15 is 0 Å². The molecule has 1 aromatic heterocycles. The van der Waals surface area contributed by atoms with Crippen molar-refractivity contribution >= 4 is 43.5 Å². The molecule has 49 heavy (non-hydrogen) atoms. The zero-order valence-corrected chi connectivity index (χ0v) is 27.8. The monoisotopic (exact) mass is 626 g/mol. The number of rotatable bonds is 3. The zero-order chi connectivity index (χ0) is 32.9. The highest BCUT2D eigenvalue weighted by molar-refractivity contribution is 6.24. The largest absolute Gasteiger partial charge is 0.455 e. The van der Waals surface area contributed by atoms with E-state index in [1.165, 1.54) is 71.6 Å². The molecule has 8 aromatic carbocycles. The molecule has 0 spiro atoms. The van der Waals surface area contributed by atoms with E-state index in [9.17, 15) is 0 Å². The van der Waals surface area contributed by atoms with Crippen LogP contribution < -0.4 is 0 Å². The normalized spacial score (nSPS) is 13.4. The van der Waals surface area contributed by atoms with E-state index < -0.39 is 0 Å². The van der Waals surface area contributed by atoms with Crippen LogP contribution in [0, 0.1) is 6.92 Å². The second-order valence-corrected chi connectivity index (χ2v) is 14.1. The summed E-state index contributed by atoms with van der Waals surface area (Å²) < 4.78 is 6.98. The highest BCUT2D eigenvalue weighted by Crippen LogP contribution is 2.52. The van der Waals surface area contributed by atoms with E-state index in [0.717, 1.165) is 33.1 Å². The van der Waals surface area contributed by atoms with Crippen molar-refractivity contribution in [1.82, 2.24) is 0 Å². The van der Waals surface area contributed by atoms with Crippen molar-refractivity contribution in [2.24, 2.45) is 0 Å². The van der Waals surface area contributed by atoms with Crippen LogP contribution in [-0.4, -0.2) is 0 Å². The molecule has 232 valence electrons. The van der Waals surface area contributed by atoms with E-state index in [4.69, 9.17) is 4.42 Å². The maximum atomic E-state index is 6.98. The van der Waals surface area contributed by atoms with Crippen LogP contribution in [0.5, 0.6) is 0 Å². The Balaban J connectivity index is 1.26. The Kier molecular flexibility index (Phi) is 5.91. The third-order valence-electron chi connectivity index (χ3n) is 10.9. The minimum atomic E-state index is -0.0677. The van der Waals surface area contributed by atoms with Crippen molar-refractivity contribution in [3.05, 3.63) is 168 Å². The Labute approximate surface area is 286 Å². The first-order valence-corrected chi connectivity index (χ1v) is 17.2. The molecule has 0 aliphatic heterocycles. The Morgan fingerprint density at radius 2 is 0.918 bits per heavy atom. The number of benzene rings is 8. The van der Waals surface area contributed by atoms with Crippen LogP contribution >= 0.6 is 0 Å². The number of furan rings is 1. The molecule has 0 radical (unpaired) electrons. The van der Waals surface area contributed by atoms with E-state index in [-0.39, 0.29) is 5.41 Å². The molecule has 0 unspecified atom stereocenters. The SMILES string of the molecule is Cc1cccc(-c2cccc3c2oc2c(-c4c5ccccc5c(-c5ccc6c(c5)C(C)(C)c5ccccc5-6)c5ccccc45)cccc23)c1. The third-order valence-corrected chi connectivity index (χ3v) is 10.9. The van der Waals surface area contributed by atoms with Crippen LogP contribution in [-0.2, 0) is 5.41 Å². The lowest BCUT2D eigenvalue weighted by Gasteiger charge is -2.23. The van der Waals surface area contributed by atoms with Crippen LogP contribution in [0.1, 0.15) is 30.5 Å². The van der Waals surface area contributed by atoms with E-state index in [0.29, 0.717) is 0 Å². The summed E-state index contributed by atoms with van der Waals surface area (Å²) in [6, 6.07) is 55.7. The minimum Gasteiger partial charge on any atom is -0.455 e. The van der Waals surface area contributed by atoms with E-state index in [2.05, 4.69) is 172 Å². The molecule has 1 nitrogen and oxygen atoms in total. The molecule has 10 rings (SSSR count). The van der Waals surface area contributed by atoms with Crippen molar-refractivity contribution in [2.45, 2.75) is 26.2 Å². The minimum absolute atomic E-state index is 0.0677. The van der Waals surface area contributed by atoms with Gasteiger partial charge in [0, 0.05) is 32.9 Å². The summed E-state index contributed by atoms with van der Waals surface area (Å²) in [7, 11) is 0. The van der Waals surface area contributed by atoms with Crippen molar-refractivity contribution in [3.63, 3.8) is 0 Å². The molecule has 0 saturated carbocycles. The van der Waals surface area contributed by atoms with Gasteiger partial charge >= 0.3 is 0 Å². The Morgan fingerprint density at radius 1 is 0.388 bits per heavy atom. The zero-order valence-electron chi connectivity index (χ0n) is 27.8. The molecule has 1 heteroatoms. The molecule has 9 aromatic rings. The van der Waals surface area contributed by atoms with Gasteiger partial charge in [-0.1, -0.05) is 165 Å². The molecule has 0 amide bonds. The van der Waals surface area contributed by atoms with Crippen LogP contribution in [0.3, 0.4) is 0 Å². The fourth-order valence-corrected chi connectivity index (χ4v) is 8.65. The molecular formula is C48H34O. The van der Waals surface area contributed by atoms with Gasteiger partial charge in [-0.05, 0) is 73.5 Å². The fraction of sp³-hybridized carbons (Fsp3) is 0.0833. The molecule has 1 aliphatic carbocycles. The number of fused-ring (bicyclic) bond motifs is 8. The first kappa shape index (κ1) is 28.1. The Morgan fingerprint density at radius 3 is 1.61 bits per heavy atom. The summed E-state index contributed by atoms with van der Waals surface area (Å²) in [5, 5.41) is 7.23. The predicted octanol–water partition coefficient (Wildman–Crippen LogP) is 13.5. The molecular weight excluding hydrogens is 593 g/mol. The summed E-state index contributed by atoms with van der Waals surface area (Å²) in [6.45, 7) is 6.86. The number of hydrogen-bond donors (Lipinski definition) is 0. The maximum absolute atomic E-state index is 6.98. The molecule has 1 heterocycles. The van der Waals surface area contributed by atoms with Gasteiger partial charge in [-0.2, -0.15) is 0 Å². The van der Waals surface area contributed by atoms with Crippen LogP contribution in [0.15, 0.2) is 156 Å². The topological polar surface area (TPSA) is 13.1 Å². The average molecular weight is 627 g/mol. The highest BCUT2D eigenvalue weighted by atomic mass is 16.3. The lowest BCUT2D eigenvalue weighted by molar-refractivity contribution is 0.660. The van der Waals surface area contributed by atoms with Gasteiger partial charge in [0.25, 0.3) is 0 Å². The van der Waals surface area contributed by atoms with Crippen molar-refractivity contribution in [1.29, 1.82) is 0 Å². The number of para-hydroxylation sites is 2. The first-order valence-electron chi connectivity index (χ1n) is 17.2. The smallest absolute Gasteiger partial charge is 0.143 e. The third kappa shape index (κ3) is 3.99. The van der Waals surface area contributed by atoms with Crippen molar-refractivity contribution in [2.75, 3.05) is 0 Å². The van der Waals surface area contributed by atoms with Crippen LogP contribution in [0.4, 0.5) is 0 Å². The lowest BCUT2D eigenvalue weighted by atomic mass is 9.80. The lowest BCUT2D eigenvalue weighted by Crippen LogP contribution is -2.14. The van der Waals surface area contributed by atoms with Gasteiger partial charge in [0.05, 0.1) is 0 Å². The number of hydrogen-bond acceptors (Lipinski definition) is 1. The van der Waals surface area contributed by atoms with Gasteiger partial charge in [-0.25, -0.2) is 0 Å². The van der Waals surface area contributed by atoms with Gasteiger partial charge in [-0.15, -0.1) is 0 Å². The van der Waals surface area contributed by atoms with Gasteiger partial charge in [-0.3, -0.25) is 0 Å². The number of aryl methyl sites for hydroxylation is 1. The molecule has 0 atom stereocenters. The quantitative estimate of drug-likeness (QED) is 0.178. The molecule has 0 fully saturated rings. The maximum Gasteiger partial charge on any atom is 0.143 e. The summed E-state index contributed by atoms with van der Waals surface area (Å²) >= 11 is 0. The molecule has 0 bridgehead atoms. The highest BCUT2D eigenvalue weighted by Gasteiger charge is 2.35. The summed E-state index contributed by atoms with van der Waals surface area (Å²) in [6.07, 6.45) is 0. The molecule has 0 N–H and O–H groups in total. The van der Waals surface area contributed by atoms with Crippen molar-refractivity contribution in [3.8, 4) is 44.5 Å². The van der Waals surface area contributed by atoms with Gasteiger partial charge in [0.15, 0.2) is 0 Å². The molecule has 1 aliphatic rings. The van der Waals surface area contributed by atoms with E-state index in [1.807, 2.05) is 0 Å². The van der Waals surface area contributed by atoms with E-state index in [1.54, 1.807) is 0 Å². The second-order valence-electron chi connectivity index (χ2n) is 14.1. The van der Waals surface area contributed by atoms with Gasteiger partial charge in [0.2, 0.25) is 0 Å². The second kappa shape index (κ2) is 10.3. The first-order chi connectivity index (χ1) is 24.0. The predicted molar refractivity (Wildman–Crippen MR) is 207 cm³/mol. The van der Waals surface area contributed by atoms with Gasteiger partial charge < -0.3 is 4.42 Å². The van der Waals surface area contributed by atoms with Crippen LogP contribution in [0.25, 0.3) is 88.0 Å². The van der Waals surface area contributed by atoms with Crippen molar-refractivity contribution < 1.29 is 4.42 Å². The van der Waals surface area contributed by atoms with Gasteiger partial charge in [0.1, 0.15) is 11.2 Å². The summed E-state index contributed by atoms with van der Waals surface area (Å²) in [5.74, 6) is 0. The fourth-order valence-electron chi connectivity index (χ4n) is 8.65. The Hall–Kier alpha value is -5.92. The summed E-state index contributed by atoms with van der Waals surface area (Å²) in [4.78, 5) is 0. The summed E-state index contributed by atoms with van der Waals surface area (Å²) in [5.41, 5.74) is 15.7. The Bertz CT molecular complexity index is 2750. The average Bonchev–Trinajstić information content (AvgIpc) is 3.63. The molecule has 0 saturated heterocycles.